The first-order valence-corrected chi connectivity index (χ1v) is 10.6. The Labute approximate surface area is 180 Å². The van der Waals surface area contributed by atoms with Crippen LogP contribution in [0.5, 0.6) is 0 Å². The van der Waals surface area contributed by atoms with Gasteiger partial charge in [-0.15, -0.1) is 5.10 Å². The van der Waals surface area contributed by atoms with E-state index in [4.69, 9.17) is 4.42 Å². The fourth-order valence-electron chi connectivity index (χ4n) is 3.10. The van der Waals surface area contributed by atoms with Crippen LogP contribution in [0.25, 0.3) is 0 Å². The minimum absolute atomic E-state index is 0.126. The van der Waals surface area contributed by atoms with Gasteiger partial charge in [0.15, 0.2) is 5.69 Å². The van der Waals surface area contributed by atoms with Crippen LogP contribution < -0.4 is 5.32 Å². The van der Waals surface area contributed by atoms with Crippen molar-refractivity contribution in [3.05, 3.63) is 70.6 Å². The maximum atomic E-state index is 13.4. The van der Waals surface area contributed by atoms with Crippen LogP contribution in [-0.4, -0.2) is 31.8 Å². The topological polar surface area (TPSA) is 88.3 Å². The molecule has 30 heavy (non-hydrogen) atoms. The van der Waals surface area contributed by atoms with Gasteiger partial charge in [-0.3, -0.25) is 9.59 Å². The third-order valence-electron chi connectivity index (χ3n) is 4.51. The van der Waals surface area contributed by atoms with E-state index in [1.165, 1.54) is 4.90 Å². The normalized spacial score (nSPS) is 12.4. The Kier molecular flexibility index (Phi) is 6.66. The second-order valence-corrected chi connectivity index (χ2v) is 8.65. The van der Waals surface area contributed by atoms with Gasteiger partial charge in [0.2, 0.25) is 5.91 Å². The molecule has 158 valence electrons. The predicted octanol–water partition coefficient (Wildman–Crippen LogP) is 3.99. The summed E-state index contributed by atoms with van der Waals surface area (Å²) in [4.78, 5) is 28.2. The SMILES string of the molecule is CCc1ccc([C@@H](C(=O)NC(C)(C)C)N(Cc2ccco2)C(=O)c2csnn2)cc1. The third kappa shape index (κ3) is 5.33. The average molecular weight is 427 g/mol. The molecule has 8 heteroatoms. The molecule has 0 fully saturated rings. The van der Waals surface area contributed by atoms with Crippen LogP contribution in [0.15, 0.2) is 52.5 Å². The standard InChI is InChI=1S/C22H26N4O3S/c1-5-15-8-10-16(11-9-15)19(20(27)23-22(2,3)4)26(13-17-7-6-12-29-17)21(28)18-14-30-25-24-18/h6-12,14,19H,5,13H2,1-4H3,(H,23,27)/t19-/m0/s1. The van der Waals surface area contributed by atoms with Gasteiger partial charge in [0.25, 0.3) is 5.91 Å². The monoisotopic (exact) mass is 426 g/mol. The lowest BCUT2D eigenvalue weighted by molar-refractivity contribution is -0.127. The number of carbonyl (C=O) groups is 2. The molecule has 7 nitrogen and oxygen atoms in total. The van der Waals surface area contributed by atoms with Crippen molar-refractivity contribution >= 4 is 23.3 Å². The fraction of sp³-hybridized carbons (Fsp3) is 0.364. The lowest BCUT2D eigenvalue weighted by Crippen LogP contribution is -2.49. The van der Waals surface area contributed by atoms with Crippen molar-refractivity contribution in [2.75, 3.05) is 0 Å². The molecule has 0 aliphatic carbocycles. The zero-order valence-corrected chi connectivity index (χ0v) is 18.4. The molecule has 2 heterocycles. The van der Waals surface area contributed by atoms with Crippen molar-refractivity contribution in [3.8, 4) is 0 Å². The highest BCUT2D eigenvalue weighted by molar-refractivity contribution is 7.03. The summed E-state index contributed by atoms with van der Waals surface area (Å²) in [6.07, 6.45) is 2.43. The molecule has 0 saturated carbocycles. The zero-order chi connectivity index (χ0) is 21.7. The molecule has 1 N–H and O–H groups in total. The first kappa shape index (κ1) is 21.7. The van der Waals surface area contributed by atoms with Crippen LogP contribution in [0.3, 0.4) is 0 Å². The predicted molar refractivity (Wildman–Crippen MR) is 115 cm³/mol. The Bertz CT molecular complexity index is 961. The average Bonchev–Trinajstić information content (AvgIpc) is 3.40. The molecular weight excluding hydrogens is 400 g/mol. The van der Waals surface area contributed by atoms with E-state index in [2.05, 4.69) is 21.8 Å². The highest BCUT2D eigenvalue weighted by Crippen LogP contribution is 2.27. The number of hydrogen-bond donors (Lipinski definition) is 1. The molecule has 0 saturated heterocycles. The number of aromatic nitrogens is 2. The maximum absolute atomic E-state index is 13.4. The van der Waals surface area contributed by atoms with Crippen LogP contribution in [0.1, 0.15) is 61.1 Å². The van der Waals surface area contributed by atoms with Gasteiger partial charge in [0.05, 0.1) is 12.8 Å². The van der Waals surface area contributed by atoms with Gasteiger partial charge in [-0.1, -0.05) is 35.7 Å². The second-order valence-electron chi connectivity index (χ2n) is 8.04. The Morgan fingerprint density at radius 3 is 2.47 bits per heavy atom. The van der Waals surface area contributed by atoms with Crippen LogP contribution in [-0.2, 0) is 17.8 Å². The Hall–Kier alpha value is -3.00. The summed E-state index contributed by atoms with van der Waals surface area (Å²) in [7, 11) is 0. The van der Waals surface area contributed by atoms with Crippen molar-refractivity contribution in [3.63, 3.8) is 0 Å². The van der Waals surface area contributed by atoms with Crippen molar-refractivity contribution < 1.29 is 14.0 Å². The number of nitrogens with zero attached hydrogens (tertiary/aromatic N) is 3. The first-order valence-electron chi connectivity index (χ1n) is 9.79. The summed E-state index contributed by atoms with van der Waals surface area (Å²) in [5.74, 6) is -0.0751. The van der Waals surface area contributed by atoms with E-state index < -0.39 is 11.6 Å². The van der Waals surface area contributed by atoms with Crippen molar-refractivity contribution in [1.82, 2.24) is 19.8 Å². The molecule has 3 rings (SSSR count). The van der Waals surface area contributed by atoms with Gasteiger partial charge in [-0.25, -0.2) is 0 Å². The van der Waals surface area contributed by atoms with E-state index in [1.54, 1.807) is 23.8 Å². The minimum atomic E-state index is -0.852. The molecule has 1 aromatic carbocycles. The van der Waals surface area contributed by atoms with Gasteiger partial charge in [-0.2, -0.15) is 0 Å². The molecule has 2 amide bonds. The molecule has 2 aromatic heterocycles. The molecule has 0 unspecified atom stereocenters. The van der Waals surface area contributed by atoms with E-state index in [1.807, 2.05) is 45.0 Å². The van der Waals surface area contributed by atoms with Crippen LogP contribution >= 0.6 is 11.5 Å². The molecule has 1 atom stereocenters. The molecule has 0 aliphatic rings. The van der Waals surface area contributed by atoms with E-state index >= 15 is 0 Å². The quantitative estimate of drug-likeness (QED) is 0.617. The van der Waals surface area contributed by atoms with Gasteiger partial charge < -0.3 is 14.6 Å². The summed E-state index contributed by atoms with van der Waals surface area (Å²) in [5, 5.41) is 8.51. The summed E-state index contributed by atoms with van der Waals surface area (Å²) < 4.78 is 9.28. The third-order valence-corrected chi connectivity index (χ3v) is 5.01. The Balaban J connectivity index is 2.06. The fourth-order valence-corrected chi connectivity index (χ4v) is 3.53. The minimum Gasteiger partial charge on any atom is -0.467 e. The van der Waals surface area contributed by atoms with E-state index in [-0.39, 0.29) is 24.1 Å². The summed E-state index contributed by atoms with van der Waals surface area (Å²) in [6, 6.07) is 10.4. The number of carbonyl (C=O) groups excluding carboxylic acids is 2. The molecular formula is C22H26N4O3S. The number of hydrogen-bond acceptors (Lipinski definition) is 6. The van der Waals surface area contributed by atoms with E-state index in [9.17, 15) is 9.59 Å². The highest BCUT2D eigenvalue weighted by Gasteiger charge is 2.35. The van der Waals surface area contributed by atoms with Crippen LogP contribution in [0.4, 0.5) is 0 Å². The number of nitrogens with one attached hydrogen (secondary N) is 1. The Morgan fingerprint density at radius 2 is 1.93 bits per heavy atom. The van der Waals surface area contributed by atoms with E-state index in [0.29, 0.717) is 5.76 Å². The smallest absolute Gasteiger partial charge is 0.276 e. The number of aryl methyl sites for hydroxylation is 1. The second kappa shape index (κ2) is 9.21. The van der Waals surface area contributed by atoms with Crippen LogP contribution in [0, 0.1) is 0 Å². The number of amides is 2. The lowest BCUT2D eigenvalue weighted by Gasteiger charge is -2.33. The summed E-state index contributed by atoms with van der Waals surface area (Å²) >= 11 is 1.09. The Morgan fingerprint density at radius 1 is 1.20 bits per heavy atom. The van der Waals surface area contributed by atoms with Gasteiger partial charge in [0, 0.05) is 10.9 Å². The van der Waals surface area contributed by atoms with E-state index in [0.717, 1.165) is 29.1 Å². The largest absolute Gasteiger partial charge is 0.467 e. The number of rotatable bonds is 7. The van der Waals surface area contributed by atoms with Crippen molar-refractivity contribution in [1.29, 1.82) is 0 Å². The number of benzene rings is 1. The molecule has 0 radical (unpaired) electrons. The first-order chi connectivity index (χ1) is 14.3. The molecule has 0 spiro atoms. The summed E-state index contributed by atoms with van der Waals surface area (Å²) in [6.45, 7) is 7.92. The van der Waals surface area contributed by atoms with Crippen molar-refractivity contribution in [2.45, 2.75) is 52.2 Å². The molecule has 3 aromatic rings. The van der Waals surface area contributed by atoms with Gasteiger partial charge in [-0.05, 0) is 62.0 Å². The number of furan rings is 1. The summed E-state index contributed by atoms with van der Waals surface area (Å²) in [5.41, 5.74) is 1.61. The van der Waals surface area contributed by atoms with Crippen molar-refractivity contribution in [2.24, 2.45) is 0 Å². The molecule has 0 bridgehead atoms. The van der Waals surface area contributed by atoms with Gasteiger partial charge in [0.1, 0.15) is 11.8 Å². The van der Waals surface area contributed by atoms with Crippen LogP contribution in [0.2, 0.25) is 0 Å². The maximum Gasteiger partial charge on any atom is 0.276 e. The highest BCUT2D eigenvalue weighted by atomic mass is 32.1. The zero-order valence-electron chi connectivity index (χ0n) is 17.6. The van der Waals surface area contributed by atoms with Gasteiger partial charge >= 0.3 is 0 Å². The lowest BCUT2D eigenvalue weighted by atomic mass is 9.99. The molecule has 0 aliphatic heterocycles.